The molecular weight excluding hydrogens is 601 g/mol. The molecule has 0 saturated heterocycles. The van der Waals surface area contributed by atoms with Gasteiger partial charge in [0, 0.05) is 53.8 Å². The smallest absolute Gasteiger partial charge is 0.110 e. The fraction of sp³-hybridized carbons (Fsp3) is 0.0833. The number of para-hydroxylation sites is 2. The SMILES string of the molecule is Cc1cn2c(n1)c1[c-]sc(-n3c4ccccc4c4ccccc43)c1c1nc(C)sc12.[Ir]. The molecule has 0 aliphatic carbocycles. The predicted octanol–water partition coefficient (Wildman–Crippen LogP) is 6.67. The van der Waals surface area contributed by atoms with Gasteiger partial charge in [-0.3, -0.25) is 9.97 Å². The second kappa shape index (κ2) is 6.71. The van der Waals surface area contributed by atoms with Crippen molar-refractivity contribution in [3.63, 3.8) is 0 Å². The van der Waals surface area contributed by atoms with Gasteiger partial charge < -0.3 is 8.97 Å². The number of benzene rings is 2. The molecule has 2 aromatic carbocycles. The van der Waals surface area contributed by atoms with E-state index in [4.69, 9.17) is 9.97 Å². The van der Waals surface area contributed by atoms with Gasteiger partial charge in [0.25, 0.3) is 0 Å². The van der Waals surface area contributed by atoms with Crippen LogP contribution in [0.15, 0.2) is 54.7 Å². The van der Waals surface area contributed by atoms with Gasteiger partial charge >= 0.3 is 0 Å². The van der Waals surface area contributed by atoms with Crippen molar-refractivity contribution >= 4 is 71.2 Å². The van der Waals surface area contributed by atoms with Gasteiger partial charge in [0.15, 0.2) is 0 Å². The van der Waals surface area contributed by atoms with E-state index in [2.05, 4.69) is 76.0 Å². The van der Waals surface area contributed by atoms with Crippen molar-refractivity contribution in [2.45, 2.75) is 13.8 Å². The fourth-order valence-electron chi connectivity index (χ4n) is 4.56. The molecule has 5 heterocycles. The largest absolute Gasteiger partial charge is 0.349 e. The zero-order valence-corrected chi connectivity index (χ0v) is 20.7. The first kappa shape index (κ1) is 19.1. The predicted molar refractivity (Wildman–Crippen MR) is 126 cm³/mol. The Morgan fingerprint density at radius 2 is 1.58 bits per heavy atom. The molecule has 0 spiro atoms. The number of rotatable bonds is 1. The van der Waals surface area contributed by atoms with Crippen LogP contribution in [0.25, 0.3) is 53.6 Å². The van der Waals surface area contributed by atoms with Crippen LogP contribution in [0.5, 0.6) is 0 Å². The van der Waals surface area contributed by atoms with E-state index in [0.29, 0.717) is 0 Å². The molecule has 7 aromatic rings. The Labute approximate surface area is 199 Å². The maximum atomic E-state index is 4.95. The van der Waals surface area contributed by atoms with E-state index in [-0.39, 0.29) is 20.1 Å². The number of fused-ring (bicyclic) bond motifs is 9. The Bertz CT molecular complexity index is 1730. The molecule has 7 rings (SSSR count). The summed E-state index contributed by atoms with van der Waals surface area (Å²) < 4.78 is 4.55. The quantitative estimate of drug-likeness (QED) is 0.194. The number of aromatic nitrogens is 4. The van der Waals surface area contributed by atoms with Gasteiger partial charge in [-0.15, -0.1) is 11.3 Å². The summed E-state index contributed by atoms with van der Waals surface area (Å²) in [6, 6.07) is 17.2. The fourth-order valence-corrected chi connectivity index (χ4v) is 6.44. The van der Waals surface area contributed by atoms with Gasteiger partial charge in [0.05, 0.1) is 16.2 Å². The van der Waals surface area contributed by atoms with Crippen molar-refractivity contribution in [1.29, 1.82) is 0 Å². The number of hydrogen-bond acceptors (Lipinski definition) is 4. The molecule has 0 saturated carbocycles. The monoisotopic (exact) mass is 616 g/mol. The van der Waals surface area contributed by atoms with Gasteiger partial charge in [0.2, 0.25) is 0 Å². The average molecular weight is 616 g/mol. The number of pyridine rings is 1. The number of aryl methyl sites for hydroxylation is 2. The Balaban J connectivity index is 0.00000185. The first-order valence-electron chi connectivity index (χ1n) is 9.78. The molecule has 5 aromatic heterocycles. The van der Waals surface area contributed by atoms with E-state index in [0.717, 1.165) is 42.5 Å². The molecule has 1 radical (unpaired) electrons. The summed E-state index contributed by atoms with van der Waals surface area (Å²) in [4.78, 5) is 10.9. The maximum absolute atomic E-state index is 4.95. The van der Waals surface area contributed by atoms with E-state index in [1.54, 1.807) is 22.7 Å². The van der Waals surface area contributed by atoms with Crippen LogP contribution in [0.3, 0.4) is 0 Å². The first-order valence-corrected chi connectivity index (χ1v) is 11.4. The molecule has 0 aliphatic heterocycles. The van der Waals surface area contributed by atoms with Crippen molar-refractivity contribution in [3.8, 4) is 5.00 Å². The van der Waals surface area contributed by atoms with Crippen molar-refractivity contribution < 1.29 is 20.1 Å². The van der Waals surface area contributed by atoms with Crippen LogP contribution in [0.4, 0.5) is 0 Å². The second-order valence-corrected chi connectivity index (χ2v) is 9.57. The topological polar surface area (TPSA) is 35.1 Å². The number of thiophene rings is 1. The molecule has 0 fully saturated rings. The summed E-state index contributed by atoms with van der Waals surface area (Å²) in [5.74, 6) is 0. The van der Waals surface area contributed by atoms with Crippen LogP contribution in [0, 0.1) is 19.2 Å². The molecule has 0 N–H and O–H groups in total. The summed E-state index contributed by atoms with van der Waals surface area (Å²) >= 11 is 3.37. The Kier molecular flexibility index (Phi) is 4.14. The van der Waals surface area contributed by atoms with Crippen molar-refractivity contribution in [2.75, 3.05) is 0 Å². The Morgan fingerprint density at radius 3 is 2.29 bits per heavy atom. The molecule has 31 heavy (non-hydrogen) atoms. The minimum Gasteiger partial charge on any atom is -0.349 e. The molecule has 0 amide bonds. The number of hydrogen-bond donors (Lipinski definition) is 0. The van der Waals surface area contributed by atoms with Gasteiger partial charge in [-0.05, 0) is 31.0 Å². The molecular formula is C24H15IrN4S2-. The third-order valence-corrected chi connectivity index (χ3v) is 7.57. The minimum absolute atomic E-state index is 0. The van der Waals surface area contributed by atoms with Gasteiger partial charge in [-0.1, -0.05) is 52.6 Å². The minimum atomic E-state index is 0. The van der Waals surface area contributed by atoms with Crippen LogP contribution >= 0.6 is 22.7 Å². The summed E-state index contributed by atoms with van der Waals surface area (Å²) in [7, 11) is 0. The van der Waals surface area contributed by atoms with Crippen LogP contribution in [-0.2, 0) is 20.1 Å². The normalized spacial score (nSPS) is 11.9. The molecule has 7 heteroatoms. The van der Waals surface area contributed by atoms with Crippen molar-refractivity contribution in [2.24, 2.45) is 0 Å². The van der Waals surface area contributed by atoms with E-state index in [1.165, 1.54) is 21.8 Å². The molecule has 0 aliphatic rings. The van der Waals surface area contributed by atoms with E-state index >= 15 is 0 Å². The molecule has 0 atom stereocenters. The zero-order valence-electron chi connectivity index (χ0n) is 16.6. The summed E-state index contributed by atoms with van der Waals surface area (Å²) in [5, 5.41) is 10.5. The van der Waals surface area contributed by atoms with Crippen molar-refractivity contribution in [1.82, 2.24) is 18.9 Å². The summed E-state index contributed by atoms with van der Waals surface area (Å²) in [6.45, 7) is 4.11. The maximum Gasteiger partial charge on any atom is 0.110 e. The van der Waals surface area contributed by atoms with Gasteiger partial charge in [-0.2, -0.15) is 0 Å². The Hall–Kier alpha value is -2.57. The van der Waals surface area contributed by atoms with Gasteiger partial charge in [-0.25, -0.2) is 11.3 Å². The van der Waals surface area contributed by atoms with E-state index in [9.17, 15) is 0 Å². The second-order valence-electron chi connectivity index (χ2n) is 7.59. The van der Waals surface area contributed by atoms with Gasteiger partial charge in [0.1, 0.15) is 4.83 Å². The Morgan fingerprint density at radius 1 is 0.903 bits per heavy atom. The molecule has 153 valence electrons. The summed E-state index contributed by atoms with van der Waals surface area (Å²) in [5.41, 5.74) is 5.41. The molecule has 0 bridgehead atoms. The van der Waals surface area contributed by atoms with E-state index in [1.807, 2.05) is 6.92 Å². The van der Waals surface area contributed by atoms with Crippen LogP contribution in [0.1, 0.15) is 10.7 Å². The van der Waals surface area contributed by atoms with Crippen LogP contribution in [-0.4, -0.2) is 18.9 Å². The van der Waals surface area contributed by atoms with Crippen LogP contribution in [0.2, 0.25) is 0 Å². The number of thiazole rings is 1. The number of nitrogens with zero attached hydrogens (tertiary/aromatic N) is 4. The van der Waals surface area contributed by atoms with Crippen LogP contribution < -0.4 is 0 Å². The molecule has 0 unspecified atom stereocenters. The molecule has 4 nitrogen and oxygen atoms in total. The standard InChI is InChI=1S/C24H15N4S2.Ir/c1-13-11-27-22(25-13)17-12-29-23(20(17)21-24(27)30-14(2)26-21)28-18-9-5-3-7-15(18)16-8-4-6-10-19(16)28;/h3-11H,1-2H3;/q-1;. The number of imidazole rings is 1. The first-order chi connectivity index (χ1) is 14.7. The zero-order chi connectivity index (χ0) is 20.0. The summed E-state index contributed by atoms with van der Waals surface area (Å²) in [6.07, 6.45) is 2.10. The van der Waals surface area contributed by atoms with E-state index < -0.39 is 0 Å². The third kappa shape index (κ3) is 2.49. The average Bonchev–Trinajstić information content (AvgIpc) is 3.49. The van der Waals surface area contributed by atoms with Crippen molar-refractivity contribution in [3.05, 3.63) is 70.8 Å². The third-order valence-electron chi connectivity index (χ3n) is 5.72.